The average Bonchev–Trinajstić information content (AvgIpc) is 3.61. The molecule has 2 N–H and O–H groups in total. The Kier molecular flexibility index (Phi) is 10.5. The molecule has 1 aliphatic rings. The smallest absolute Gasteiger partial charge is 0.253 e. The number of halogens is 3. The van der Waals surface area contributed by atoms with Gasteiger partial charge in [-0.25, -0.2) is 9.07 Å². The molecule has 13 heteroatoms. The number of hydrogen-bond donors (Lipinski definition) is 2. The molecule has 1 atom stereocenters. The summed E-state index contributed by atoms with van der Waals surface area (Å²) in [7, 11) is 1.77. The molecule has 0 aliphatic carbocycles. The van der Waals surface area contributed by atoms with Gasteiger partial charge in [-0.2, -0.15) is 5.26 Å². The van der Waals surface area contributed by atoms with Gasteiger partial charge in [0.05, 0.1) is 45.1 Å². The van der Waals surface area contributed by atoms with E-state index in [2.05, 4.69) is 57.7 Å². The number of hydrogen-bond acceptors (Lipinski definition) is 8. The van der Waals surface area contributed by atoms with Crippen molar-refractivity contribution < 1.29 is 9.18 Å². The summed E-state index contributed by atoms with van der Waals surface area (Å²) in [5.74, 6) is -0.643. The number of aromatic nitrogens is 4. The van der Waals surface area contributed by atoms with Gasteiger partial charge in [-0.15, -0.1) is 5.10 Å². The van der Waals surface area contributed by atoms with Crippen molar-refractivity contribution in [2.75, 3.05) is 37.3 Å². The van der Waals surface area contributed by atoms with Crippen molar-refractivity contribution in [2.45, 2.75) is 58.2 Å². The van der Waals surface area contributed by atoms with Crippen LogP contribution < -0.4 is 10.6 Å². The molecule has 1 fully saturated rings. The van der Waals surface area contributed by atoms with Gasteiger partial charge in [0.25, 0.3) is 5.91 Å². The molecule has 5 aromatic rings. The van der Waals surface area contributed by atoms with Crippen LogP contribution in [0.4, 0.5) is 21.5 Å². The number of nitriles is 1. The van der Waals surface area contributed by atoms with Gasteiger partial charge >= 0.3 is 0 Å². The molecule has 0 bridgehead atoms. The van der Waals surface area contributed by atoms with Crippen molar-refractivity contribution in [3.8, 4) is 6.07 Å². The Morgan fingerprint density at radius 2 is 1.84 bits per heavy atom. The Bertz CT molecular complexity index is 2120. The second kappa shape index (κ2) is 14.8. The van der Waals surface area contributed by atoms with Gasteiger partial charge in [0.1, 0.15) is 17.6 Å². The summed E-state index contributed by atoms with van der Waals surface area (Å²) >= 11 is 12.9. The Morgan fingerprint density at radius 1 is 1.10 bits per heavy atom. The molecule has 0 radical (unpaired) electrons. The first-order chi connectivity index (χ1) is 24.4. The standard InChI is InChI=1S/C38H40Cl2FN9O/c1-6-48(5)37(51)24-9-7-8-23(16-24)35(33-22-50(47-46-33)28-12-14-49(15-13-28)38(2,3)4)45-27-17-29-34(44-26-10-11-32(41)30(39)18-26)25(20-42)21-43-36(29)31(40)19-27/h7-11,16-19,21-22,28,35,45H,6,12-15H2,1-5H3,(H,43,44). The number of pyridine rings is 1. The summed E-state index contributed by atoms with van der Waals surface area (Å²) in [5.41, 5.74) is 4.40. The number of nitrogens with zero attached hydrogens (tertiary/aromatic N) is 7. The maximum Gasteiger partial charge on any atom is 0.253 e. The zero-order valence-electron chi connectivity index (χ0n) is 29.2. The number of carbonyl (C=O) groups excluding carboxylic acids is 1. The topological polar surface area (TPSA) is 115 Å². The number of carbonyl (C=O) groups is 1. The molecule has 3 aromatic carbocycles. The quantitative estimate of drug-likeness (QED) is 0.155. The predicted molar refractivity (Wildman–Crippen MR) is 200 cm³/mol. The van der Waals surface area contributed by atoms with Crippen LogP contribution in [0.2, 0.25) is 10.0 Å². The molecule has 6 rings (SSSR count). The molecule has 1 amide bonds. The molecule has 1 saturated heterocycles. The molecule has 0 spiro atoms. The van der Waals surface area contributed by atoms with E-state index in [0.717, 1.165) is 31.5 Å². The van der Waals surface area contributed by atoms with Crippen LogP contribution >= 0.6 is 23.2 Å². The first-order valence-electron chi connectivity index (χ1n) is 16.9. The second-order valence-electron chi connectivity index (χ2n) is 13.8. The first kappa shape index (κ1) is 36.0. The van der Waals surface area contributed by atoms with Gasteiger partial charge in [-0.1, -0.05) is 40.5 Å². The van der Waals surface area contributed by atoms with Crippen molar-refractivity contribution in [3.63, 3.8) is 0 Å². The number of rotatable bonds is 9. The highest BCUT2D eigenvalue weighted by Crippen LogP contribution is 2.37. The second-order valence-corrected chi connectivity index (χ2v) is 14.6. The number of nitrogens with one attached hydrogen (secondary N) is 2. The van der Waals surface area contributed by atoms with E-state index in [4.69, 9.17) is 23.2 Å². The van der Waals surface area contributed by atoms with Gasteiger partial charge in [-0.3, -0.25) is 14.7 Å². The third-order valence-electron chi connectivity index (χ3n) is 9.44. The van der Waals surface area contributed by atoms with E-state index in [1.165, 1.54) is 24.4 Å². The molecule has 2 aromatic heterocycles. The summed E-state index contributed by atoms with van der Waals surface area (Å²) in [6.45, 7) is 11.2. The lowest BCUT2D eigenvalue weighted by Crippen LogP contribution is -2.46. The average molecular weight is 729 g/mol. The van der Waals surface area contributed by atoms with Crippen LogP contribution in [0.1, 0.15) is 79.8 Å². The van der Waals surface area contributed by atoms with Crippen LogP contribution in [-0.4, -0.2) is 67.9 Å². The monoisotopic (exact) mass is 727 g/mol. The van der Waals surface area contributed by atoms with E-state index in [1.54, 1.807) is 24.1 Å². The van der Waals surface area contributed by atoms with Gasteiger partial charge in [-0.05, 0) is 88.6 Å². The Balaban J connectivity index is 1.40. The molecule has 10 nitrogen and oxygen atoms in total. The van der Waals surface area contributed by atoms with E-state index in [0.29, 0.717) is 50.8 Å². The van der Waals surface area contributed by atoms with Crippen molar-refractivity contribution in [3.05, 3.63) is 105 Å². The third-order valence-corrected chi connectivity index (χ3v) is 10.0. The highest BCUT2D eigenvalue weighted by molar-refractivity contribution is 6.36. The highest BCUT2D eigenvalue weighted by Gasteiger charge is 2.29. The zero-order chi connectivity index (χ0) is 36.4. The number of anilines is 3. The summed E-state index contributed by atoms with van der Waals surface area (Å²) in [5, 5.41) is 26.9. The minimum Gasteiger partial charge on any atom is -0.373 e. The van der Waals surface area contributed by atoms with Crippen LogP contribution in [-0.2, 0) is 0 Å². The van der Waals surface area contributed by atoms with Gasteiger partial charge in [0.2, 0.25) is 0 Å². The number of piperidine rings is 1. The van der Waals surface area contributed by atoms with Crippen LogP contribution in [0.5, 0.6) is 0 Å². The maximum absolute atomic E-state index is 14.0. The molecule has 0 saturated carbocycles. The normalized spacial score (nSPS) is 14.6. The first-order valence-corrected chi connectivity index (χ1v) is 17.6. The summed E-state index contributed by atoms with van der Waals surface area (Å²) in [6.07, 6.45) is 5.33. The Hall–Kier alpha value is -4.76. The zero-order valence-corrected chi connectivity index (χ0v) is 30.7. The van der Waals surface area contributed by atoms with E-state index in [-0.39, 0.29) is 28.1 Å². The summed E-state index contributed by atoms with van der Waals surface area (Å²) < 4.78 is 15.9. The largest absolute Gasteiger partial charge is 0.373 e. The number of amides is 1. The van der Waals surface area contributed by atoms with Crippen molar-refractivity contribution >= 4 is 57.1 Å². The highest BCUT2D eigenvalue weighted by atomic mass is 35.5. The fourth-order valence-electron chi connectivity index (χ4n) is 6.39. The Morgan fingerprint density at radius 3 is 2.53 bits per heavy atom. The number of fused-ring (bicyclic) bond motifs is 1. The molecule has 51 heavy (non-hydrogen) atoms. The number of benzene rings is 3. The van der Waals surface area contributed by atoms with Gasteiger partial charge < -0.3 is 15.5 Å². The lowest BCUT2D eigenvalue weighted by molar-refractivity contribution is 0.0802. The number of likely N-dealkylation sites (tertiary alicyclic amines) is 1. The van der Waals surface area contributed by atoms with Gasteiger partial charge in [0.15, 0.2) is 0 Å². The molecular weight excluding hydrogens is 688 g/mol. The van der Waals surface area contributed by atoms with Crippen LogP contribution in [0.3, 0.4) is 0 Å². The minimum absolute atomic E-state index is 0.0567. The van der Waals surface area contributed by atoms with Crippen molar-refractivity contribution in [2.24, 2.45) is 0 Å². The van der Waals surface area contributed by atoms with E-state index < -0.39 is 11.9 Å². The van der Waals surface area contributed by atoms with Gasteiger partial charge in [0, 0.05) is 60.7 Å². The molecule has 3 heterocycles. The van der Waals surface area contributed by atoms with Crippen LogP contribution in [0.25, 0.3) is 10.9 Å². The predicted octanol–water partition coefficient (Wildman–Crippen LogP) is 8.62. The molecule has 1 unspecified atom stereocenters. The van der Waals surface area contributed by atoms with Crippen LogP contribution in [0, 0.1) is 17.1 Å². The van der Waals surface area contributed by atoms with Crippen molar-refractivity contribution in [1.29, 1.82) is 5.26 Å². The Labute approximate surface area is 307 Å². The minimum atomic E-state index is -0.553. The summed E-state index contributed by atoms with van der Waals surface area (Å²) in [6, 6.07) is 17.2. The lowest BCUT2D eigenvalue weighted by atomic mass is 9.98. The fourth-order valence-corrected chi connectivity index (χ4v) is 6.84. The van der Waals surface area contributed by atoms with E-state index in [1.807, 2.05) is 42.1 Å². The van der Waals surface area contributed by atoms with Crippen LogP contribution in [0.15, 0.2) is 67.0 Å². The SMILES string of the molecule is CCN(C)C(=O)c1cccc(C(Nc2cc(Cl)c3ncc(C#N)c(Nc4ccc(F)c(Cl)c4)c3c2)c2cn(C3CCN(C(C)(C)C)CC3)nn2)c1. The van der Waals surface area contributed by atoms with Crippen molar-refractivity contribution in [1.82, 2.24) is 29.8 Å². The summed E-state index contributed by atoms with van der Waals surface area (Å²) in [4.78, 5) is 21.8. The fraction of sp³-hybridized carbons (Fsp3) is 0.342. The third kappa shape index (κ3) is 7.78. The lowest BCUT2D eigenvalue weighted by Gasteiger charge is -2.40. The molecular formula is C38H40Cl2FN9O. The van der Waals surface area contributed by atoms with E-state index in [9.17, 15) is 14.4 Å². The maximum atomic E-state index is 14.0. The molecule has 1 aliphatic heterocycles. The van der Waals surface area contributed by atoms with E-state index >= 15 is 0 Å². The molecule has 264 valence electrons.